The second-order valence-electron chi connectivity index (χ2n) is 7.22. The summed E-state index contributed by atoms with van der Waals surface area (Å²) in [5.41, 5.74) is 3.89. The van der Waals surface area contributed by atoms with Crippen molar-refractivity contribution in [3.8, 4) is 0 Å². The van der Waals surface area contributed by atoms with Crippen LogP contribution in [0.2, 0.25) is 0 Å². The minimum atomic E-state index is -0.0455. The van der Waals surface area contributed by atoms with E-state index in [4.69, 9.17) is 0 Å². The Kier molecular flexibility index (Phi) is 4.83. The number of amides is 2. The van der Waals surface area contributed by atoms with Gasteiger partial charge in [0.05, 0.1) is 5.75 Å². The molecule has 1 aliphatic carbocycles. The lowest BCUT2D eigenvalue weighted by atomic mass is 10.1. The Bertz CT molecular complexity index is 845. The van der Waals surface area contributed by atoms with Crippen molar-refractivity contribution in [1.29, 1.82) is 0 Å². The molecule has 1 N–H and O–H groups in total. The SMILES string of the molecule is CN(C)c1ccc(N2C(=O)CSC2c2ccc(NC(=O)C3CC3)cc2)cc1. The fourth-order valence-corrected chi connectivity index (χ4v) is 4.36. The van der Waals surface area contributed by atoms with Crippen molar-refractivity contribution in [2.24, 2.45) is 5.92 Å². The smallest absolute Gasteiger partial charge is 0.238 e. The molecule has 1 saturated heterocycles. The van der Waals surface area contributed by atoms with Crippen molar-refractivity contribution in [3.63, 3.8) is 0 Å². The van der Waals surface area contributed by atoms with Gasteiger partial charge in [-0.2, -0.15) is 0 Å². The van der Waals surface area contributed by atoms with Gasteiger partial charge in [-0.25, -0.2) is 0 Å². The number of hydrogen-bond acceptors (Lipinski definition) is 4. The predicted octanol–water partition coefficient (Wildman–Crippen LogP) is 3.88. The van der Waals surface area contributed by atoms with E-state index in [-0.39, 0.29) is 23.1 Å². The maximum absolute atomic E-state index is 12.5. The second kappa shape index (κ2) is 7.27. The van der Waals surface area contributed by atoms with E-state index < -0.39 is 0 Å². The number of benzene rings is 2. The van der Waals surface area contributed by atoms with Crippen LogP contribution in [-0.2, 0) is 9.59 Å². The Balaban J connectivity index is 1.52. The maximum Gasteiger partial charge on any atom is 0.238 e. The van der Waals surface area contributed by atoms with Gasteiger partial charge in [-0.15, -0.1) is 11.8 Å². The molecule has 1 aliphatic heterocycles. The van der Waals surface area contributed by atoms with Crippen molar-refractivity contribution < 1.29 is 9.59 Å². The van der Waals surface area contributed by atoms with Crippen LogP contribution in [0.1, 0.15) is 23.8 Å². The van der Waals surface area contributed by atoms with Crippen LogP contribution in [0.15, 0.2) is 48.5 Å². The largest absolute Gasteiger partial charge is 0.378 e. The van der Waals surface area contributed by atoms with Gasteiger partial charge in [0.15, 0.2) is 0 Å². The summed E-state index contributed by atoms with van der Waals surface area (Å²) >= 11 is 1.63. The molecule has 4 rings (SSSR count). The minimum absolute atomic E-state index is 0.0455. The number of thioether (sulfide) groups is 1. The first-order valence-electron chi connectivity index (χ1n) is 9.15. The third-order valence-corrected chi connectivity index (χ3v) is 6.14. The van der Waals surface area contributed by atoms with Gasteiger partial charge in [-0.05, 0) is 54.8 Å². The van der Waals surface area contributed by atoms with Crippen molar-refractivity contribution in [2.75, 3.05) is 35.0 Å². The van der Waals surface area contributed by atoms with Gasteiger partial charge in [0, 0.05) is 37.1 Å². The van der Waals surface area contributed by atoms with E-state index in [1.807, 2.05) is 72.4 Å². The Morgan fingerprint density at radius 3 is 2.33 bits per heavy atom. The van der Waals surface area contributed by atoms with Crippen molar-refractivity contribution in [3.05, 3.63) is 54.1 Å². The molecule has 0 spiro atoms. The molecule has 140 valence electrons. The molecule has 0 aromatic heterocycles. The first-order chi connectivity index (χ1) is 13.0. The summed E-state index contributed by atoms with van der Waals surface area (Å²) in [5.74, 6) is 0.887. The Hall–Kier alpha value is -2.47. The Morgan fingerprint density at radius 1 is 1.07 bits per heavy atom. The van der Waals surface area contributed by atoms with Crippen LogP contribution >= 0.6 is 11.8 Å². The van der Waals surface area contributed by atoms with Gasteiger partial charge < -0.3 is 10.2 Å². The highest BCUT2D eigenvalue weighted by molar-refractivity contribution is 8.00. The molecule has 2 amide bonds. The molecule has 2 aromatic rings. The standard InChI is InChI=1S/C21H23N3O2S/c1-23(2)17-9-11-18(12-10-17)24-19(25)13-27-21(24)15-5-7-16(8-6-15)22-20(26)14-3-4-14/h5-12,14,21H,3-4,13H2,1-2H3,(H,22,26). The second-order valence-corrected chi connectivity index (χ2v) is 8.29. The maximum atomic E-state index is 12.5. The molecule has 6 heteroatoms. The zero-order chi connectivity index (χ0) is 19.0. The Morgan fingerprint density at radius 2 is 1.74 bits per heavy atom. The molecule has 1 atom stereocenters. The number of nitrogens with zero attached hydrogens (tertiary/aromatic N) is 2. The number of hydrogen-bond donors (Lipinski definition) is 1. The fourth-order valence-electron chi connectivity index (χ4n) is 3.18. The molecule has 1 saturated carbocycles. The number of nitrogens with one attached hydrogen (secondary N) is 1. The predicted molar refractivity (Wildman–Crippen MR) is 111 cm³/mol. The van der Waals surface area contributed by atoms with Crippen LogP contribution in [0.25, 0.3) is 0 Å². The van der Waals surface area contributed by atoms with E-state index in [2.05, 4.69) is 5.32 Å². The van der Waals surface area contributed by atoms with E-state index in [0.29, 0.717) is 5.75 Å². The first kappa shape index (κ1) is 17.9. The summed E-state index contributed by atoms with van der Waals surface area (Å²) in [7, 11) is 4.00. The van der Waals surface area contributed by atoms with Crippen LogP contribution < -0.4 is 15.1 Å². The molecule has 0 bridgehead atoms. The topological polar surface area (TPSA) is 52.6 Å². The van der Waals surface area contributed by atoms with Crippen LogP contribution in [0, 0.1) is 5.92 Å². The molecule has 2 aliphatic rings. The molecule has 2 aromatic carbocycles. The normalized spacial score (nSPS) is 19.3. The molecule has 0 radical (unpaired) electrons. The van der Waals surface area contributed by atoms with E-state index >= 15 is 0 Å². The summed E-state index contributed by atoms with van der Waals surface area (Å²) in [4.78, 5) is 28.3. The van der Waals surface area contributed by atoms with Crippen LogP contribution in [0.3, 0.4) is 0 Å². The van der Waals surface area contributed by atoms with Gasteiger partial charge in [0.25, 0.3) is 0 Å². The van der Waals surface area contributed by atoms with Gasteiger partial charge in [0.2, 0.25) is 11.8 Å². The van der Waals surface area contributed by atoms with E-state index in [1.165, 1.54) is 0 Å². The van der Waals surface area contributed by atoms with Crippen LogP contribution in [0.4, 0.5) is 17.1 Å². The highest BCUT2D eigenvalue weighted by atomic mass is 32.2. The summed E-state index contributed by atoms with van der Waals surface area (Å²) in [5, 5.41) is 2.91. The van der Waals surface area contributed by atoms with Crippen molar-refractivity contribution in [2.45, 2.75) is 18.2 Å². The Labute approximate surface area is 163 Å². The quantitative estimate of drug-likeness (QED) is 0.854. The lowest BCUT2D eigenvalue weighted by molar-refractivity contribution is -0.117. The summed E-state index contributed by atoms with van der Waals surface area (Å²) in [6.07, 6.45) is 1.98. The molecular weight excluding hydrogens is 358 g/mol. The minimum Gasteiger partial charge on any atom is -0.378 e. The fraction of sp³-hybridized carbons (Fsp3) is 0.333. The molecule has 1 heterocycles. The molecule has 5 nitrogen and oxygen atoms in total. The lowest BCUT2D eigenvalue weighted by Gasteiger charge is -2.25. The monoisotopic (exact) mass is 381 g/mol. The number of rotatable bonds is 5. The average molecular weight is 382 g/mol. The number of anilines is 3. The van der Waals surface area contributed by atoms with Crippen molar-refractivity contribution >= 4 is 40.6 Å². The number of carbonyl (C=O) groups excluding carboxylic acids is 2. The third kappa shape index (κ3) is 3.81. The van der Waals surface area contributed by atoms with Gasteiger partial charge in [-0.3, -0.25) is 14.5 Å². The highest BCUT2D eigenvalue weighted by Gasteiger charge is 2.34. The first-order valence-corrected chi connectivity index (χ1v) is 10.2. The zero-order valence-corrected chi connectivity index (χ0v) is 16.3. The average Bonchev–Trinajstić information content (AvgIpc) is 3.45. The lowest BCUT2D eigenvalue weighted by Crippen LogP contribution is -2.27. The van der Waals surface area contributed by atoms with E-state index in [1.54, 1.807) is 11.8 Å². The van der Waals surface area contributed by atoms with E-state index in [0.717, 1.165) is 35.5 Å². The van der Waals surface area contributed by atoms with Gasteiger partial charge in [0.1, 0.15) is 5.37 Å². The summed E-state index contributed by atoms with van der Waals surface area (Å²) in [6, 6.07) is 15.9. The van der Waals surface area contributed by atoms with E-state index in [9.17, 15) is 9.59 Å². The molecule has 2 fully saturated rings. The summed E-state index contributed by atoms with van der Waals surface area (Å²) in [6.45, 7) is 0. The molecule has 1 unspecified atom stereocenters. The van der Waals surface area contributed by atoms with Crippen molar-refractivity contribution in [1.82, 2.24) is 0 Å². The summed E-state index contributed by atoms with van der Waals surface area (Å²) < 4.78 is 0. The van der Waals surface area contributed by atoms with Gasteiger partial charge >= 0.3 is 0 Å². The number of carbonyl (C=O) groups is 2. The zero-order valence-electron chi connectivity index (χ0n) is 15.5. The highest BCUT2D eigenvalue weighted by Crippen LogP contribution is 2.42. The van der Waals surface area contributed by atoms with Crippen LogP contribution in [-0.4, -0.2) is 31.7 Å². The third-order valence-electron chi connectivity index (χ3n) is 4.92. The van der Waals surface area contributed by atoms with Gasteiger partial charge in [-0.1, -0.05) is 12.1 Å². The molecule has 27 heavy (non-hydrogen) atoms. The van der Waals surface area contributed by atoms with Crippen LogP contribution in [0.5, 0.6) is 0 Å². The molecular formula is C21H23N3O2S.